The summed E-state index contributed by atoms with van der Waals surface area (Å²) in [6.45, 7) is 2.17. The molecule has 0 amide bonds. The van der Waals surface area contributed by atoms with Gasteiger partial charge in [0.15, 0.2) is 0 Å². The van der Waals surface area contributed by atoms with E-state index in [2.05, 4.69) is 22.9 Å². The average Bonchev–Trinajstić information content (AvgIpc) is 2.08. The number of hydrogen-bond acceptors (Lipinski definition) is 1. The molecule has 0 fully saturated rings. The highest BCUT2D eigenvalue weighted by Gasteiger charge is 1.97. The summed E-state index contributed by atoms with van der Waals surface area (Å²) in [4.78, 5) is 10.8. The predicted molar refractivity (Wildman–Crippen MR) is 63.0 cm³/mol. The number of halogens is 1. The minimum absolute atomic E-state index is 0.332. The molecule has 0 aliphatic heterocycles. The fourth-order valence-electron chi connectivity index (χ4n) is 1.41. The van der Waals surface area contributed by atoms with Crippen LogP contribution in [0.25, 0.3) is 0 Å². The molecule has 0 radical (unpaired) electrons. The van der Waals surface area contributed by atoms with E-state index >= 15 is 0 Å². The van der Waals surface area contributed by atoms with E-state index in [1.54, 1.807) is 0 Å². The van der Waals surface area contributed by atoms with Crippen molar-refractivity contribution in [2.75, 3.05) is 0 Å². The van der Waals surface area contributed by atoms with Crippen LogP contribution in [0.1, 0.15) is 58.3 Å². The molecule has 0 rings (SSSR count). The molecular weight excluding hydrogens is 244 g/mol. The summed E-state index contributed by atoms with van der Waals surface area (Å²) in [6.07, 6.45) is 8.48. The second kappa shape index (κ2) is 9.50. The van der Waals surface area contributed by atoms with Crippen LogP contribution in [-0.2, 0) is 4.79 Å². The van der Waals surface area contributed by atoms with Gasteiger partial charge in [0.25, 0.3) is 0 Å². The Morgan fingerprint density at radius 2 is 1.64 bits per heavy atom. The van der Waals surface area contributed by atoms with E-state index in [0.29, 0.717) is 11.2 Å². The zero-order chi connectivity index (χ0) is 10.8. The van der Waals surface area contributed by atoms with Gasteiger partial charge < -0.3 is 5.11 Å². The van der Waals surface area contributed by atoms with Gasteiger partial charge in [-0.25, -0.2) is 0 Å². The van der Waals surface area contributed by atoms with E-state index < -0.39 is 5.97 Å². The van der Waals surface area contributed by atoms with Gasteiger partial charge in [-0.3, -0.25) is 4.79 Å². The third-order valence-electron chi connectivity index (χ3n) is 2.24. The molecule has 0 saturated carbocycles. The molecule has 84 valence electrons. The Morgan fingerprint density at radius 1 is 1.14 bits per heavy atom. The van der Waals surface area contributed by atoms with Gasteiger partial charge in [-0.1, -0.05) is 55.0 Å². The smallest absolute Gasteiger partial charge is 0.303 e. The minimum Gasteiger partial charge on any atom is -0.481 e. The molecule has 14 heavy (non-hydrogen) atoms. The molecule has 0 heterocycles. The van der Waals surface area contributed by atoms with E-state index in [1.807, 2.05) is 0 Å². The van der Waals surface area contributed by atoms with Crippen LogP contribution in [0.5, 0.6) is 0 Å². The van der Waals surface area contributed by atoms with Gasteiger partial charge in [-0.2, -0.15) is 0 Å². The van der Waals surface area contributed by atoms with Crippen molar-refractivity contribution >= 4 is 21.9 Å². The standard InChI is InChI=1S/C11H21BrO2/c1-10(12)8-6-4-2-3-5-7-9-11(13)14/h10H,2-9H2,1H3,(H,13,14)/t10-/m1/s1. The molecule has 0 bridgehead atoms. The molecule has 0 saturated heterocycles. The van der Waals surface area contributed by atoms with E-state index in [4.69, 9.17) is 5.11 Å². The fraction of sp³-hybridized carbons (Fsp3) is 0.909. The molecule has 0 aromatic heterocycles. The van der Waals surface area contributed by atoms with E-state index in [-0.39, 0.29) is 0 Å². The molecule has 0 spiro atoms. The zero-order valence-electron chi connectivity index (χ0n) is 8.97. The van der Waals surface area contributed by atoms with Crippen LogP contribution in [0.3, 0.4) is 0 Å². The summed E-state index contributed by atoms with van der Waals surface area (Å²) in [5, 5.41) is 8.41. The number of carboxylic acids is 1. The second-order valence-corrected chi connectivity index (χ2v) is 5.40. The highest BCUT2D eigenvalue weighted by atomic mass is 79.9. The normalized spacial score (nSPS) is 12.7. The van der Waals surface area contributed by atoms with Crippen molar-refractivity contribution in [1.82, 2.24) is 0 Å². The lowest BCUT2D eigenvalue weighted by Gasteiger charge is -2.02. The van der Waals surface area contributed by atoms with Crippen LogP contribution >= 0.6 is 15.9 Å². The quantitative estimate of drug-likeness (QED) is 0.506. The number of carbonyl (C=O) groups is 1. The summed E-state index contributed by atoms with van der Waals surface area (Å²) in [7, 11) is 0. The van der Waals surface area contributed by atoms with Gasteiger partial charge in [0.05, 0.1) is 0 Å². The van der Waals surface area contributed by atoms with Gasteiger partial charge in [0, 0.05) is 11.2 Å². The first-order chi connectivity index (χ1) is 6.63. The fourth-order valence-corrected chi connectivity index (χ4v) is 1.73. The minimum atomic E-state index is -0.668. The lowest BCUT2D eigenvalue weighted by molar-refractivity contribution is -0.137. The monoisotopic (exact) mass is 264 g/mol. The Kier molecular flexibility index (Phi) is 9.47. The predicted octanol–water partition coefficient (Wildman–Crippen LogP) is 3.98. The molecule has 0 aromatic carbocycles. The van der Waals surface area contributed by atoms with Gasteiger partial charge in [-0.05, 0) is 12.8 Å². The molecule has 0 unspecified atom stereocenters. The van der Waals surface area contributed by atoms with Gasteiger partial charge in [0.2, 0.25) is 0 Å². The lowest BCUT2D eigenvalue weighted by Crippen LogP contribution is -1.93. The van der Waals surface area contributed by atoms with Crippen molar-refractivity contribution in [3.05, 3.63) is 0 Å². The summed E-state index contributed by atoms with van der Waals surface area (Å²) in [5.41, 5.74) is 0. The third kappa shape index (κ3) is 11.9. The van der Waals surface area contributed by atoms with E-state index in [0.717, 1.165) is 12.8 Å². The van der Waals surface area contributed by atoms with Crippen molar-refractivity contribution in [3.63, 3.8) is 0 Å². The van der Waals surface area contributed by atoms with Crippen molar-refractivity contribution in [2.45, 2.75) is 63.1 Å². The maximum Gasteiger partial charge on any atom is 0.303 e. The number of unbranched alkanes of at least 4 members (excludes halogenated alkanes) is 5. The van der Waals surface area contributed by atoms with E-state index in [1.165, 1.54) is 32.1 Å². The molecule has 0 aliphatic carbocycles. The Bertz CT molecular complexity index is 146. The summed E-state index contributed by atoms with van der Waals surface area (Å²) in [5.74, 6) is -0.668. The highest BCUT2D eigenvalue weighted by Crippen LogP contribution is 2.12. The van der Waals surface area contributed by atoms with Crippen LogP contribution in [0, 0.1) is 0 Å². The highest BCUT2D eigenvalue weighted by molar-refractivity contribution is 9.09. The first-order valence-electron chi connectivity index (χ1n) is 5.49. The maximum absolute atomic E-state index is 10.2. The Hall–Kier alpha value is -0.0500. The van der Waals surface area contributed by atoms with Crippen molar-refractivity contribution in [3.8, 4) is 0 Å². The van der Waals surface area contributed by atoms with Crippen LogP contribution in [0.15, 0.2) is 0 Å². The topological polar surface area (TPSA) is 37.3 Å². The number of rotatable bonds is 9. The molecule has 0 aromatic rings. The summed E-state index contributed by atoms with van der Waals surface area (Å²) in [6, 6.07) is 0. The van der Waals surface area contributed by atoms with Crippen molar-refractivity contribution in [1.29, 1.82) is 0 Å². The molecule has 1 atom stereocenters. The second-order valence-electron chi connectivity index (χ2n) is 3.83. The summed E-state index contributed by atoms with van der Waals surface area (Å²) < 4.78 is 0. The average molecular weight is 265 g/mol. The Morgan fingerprint density at radius 3 is 2.14 bits per heavy atom. The zero-order valence-corrected chi connectivity index (χ0v) is 10.6. The largest absolute Gasteiger partial charge is 0.481 e. The van der Waals surface area contributed by atoms with Crippen LogP contribution in [0.2, 0.25) is 0 Å². The van der Waals surface area contributed by atoms with Crippen LogP contribution in [-0.4, -0.2) is 15.9 Å². The number of hydrogen-bond donors (Lipinski definition) is 1. The molecule has 3 heteroatoms. The molecule has 2 nitrogen and oxygen atoms in total. The van der Waals surface area contributed by atoms with Gasteiger partial charge in [-0.15, -0.1) is 0 Å². The third-order valence-corrected chi connectivity index (χ3v) is 2.70. The Labute approximate surface area is 95.2 Å². The van der Waals surface area contributed by atoms with E-state index in [9.17, 15) is 4.79 Å². The maximum atomic E-state index is 10.2. The number of carboxylic acid groups (broad SMARTS) is 1. The van der Waals surface area contributed by atoms with Gasteiger partial charge in [0.1, 0.15) is 0 Å². The van der Waals surface area contributed by atoms with Crippen molar-refractivity contribution < 1.29 is 9.90 Å². The SMILES string of the molecule is C[C@@H](Br)CCCCCCCCC(=O)O. The van der Waals surface area contributed by atoms with Gasteiger partial charge >= 0.3 is 5.97 Å². The molecule has 1 N–H and O–H groups in total. The number of aliphatic carboxylic acids is 1. The van der Waals surface area contributed by atoms with Crippen molar-refractivity contribution in [2.24, 2.45) is 0 Å². The van der Waals surface area contributed by atoms with Crippen LogP contribution < -0.4 is 0 Å². The van der Waals surface area contributed by atoms with Crippen LogP contribution in [0.4, 0.5) is 0 Å². The molecular formula is C11H21BrO2. The Balaban J connectivity index is 2.96. The molecule has 0 aliphatic rings. The summed E-state index contributed by atoms with van der Waals surface area (Å²) >= 11 is 3.52. The first kappa shape index (κ1) is 13.9. The first-order valence-corrected chi connectivity index (χ1v) is 6.40. The number of alkyl halides is 1. The lowest BCUT2D eigenvalue weighted by atomic mass is 10.1.